The molecule has 1 heterocycles. The largest absolute Gasteiger partial charge is 0.465 e. The minimum Gasteiger partial charge on any atom is -0.465 e. The van der Waals surface area contributed by atoms with Crippen LogP contribution >= 0.6 is 39.0 Å². The second-order valence-corrected chi connectivity index (χ2v) is 6.69. The monoisotopic (exact) mass is 348 g/mol. The van der Waals surface area contributed by atoms with E-state index in [4.69, 9.17) is 4.74 Å². The van der Waals surface area contributed by atoms with Crippen LogP contribution in [0.15, 0.2) is 14.7 Å². The average Bonchev–Trinajstić information content (AvgIpc) is 3.11. The number of rotatable bonds is 6. The molecule has 1 aromatic rings. The predicted molar refractivity (Wildman–Crippen MR) is 76.4 cm³/mol. The summed E-state index contributed by atoms with van der Waals surface area (Å²) in [5, 5.41) is 1.91. The van der Waals surface area contributed by atoms with Crippen LogP contribution in [0.1, 0.15) is 29.4 Å². The maximum Gasteiger partial charge on any atom is 0.316 e. The van der Waals surface area contributed by atoms with Gasteiger partial charge in [-0.25, -0.2) is 0 Å². The van der Waals surface area contributed by atoms with Gasteiger partial charge in [-0.3, -0.25) is 9.59 Å². The smallest absolute Gasteiger partial charge is 0.316 e. The van der Waals surface area contributed by atoms with Gasteiger partial charge in [-0.2, -0.15) is 0 Å². The van der Waals surface area contributed by atoms with E-state index in [1.54, 1.807) is 6.92 Å². The fourth-order valence-corrected chi connectivity index (χ4v) is 4.46. The van der Waals surface area contributed by atoms with Crippen LogP contribution in [0.2, 0.25) is 0 Å². The Morgan fingerprint density at radius 3 is 2.89 bits per heavy atom. The third-order valence-electron chi connectivity index (χ3n) is 2.52. The Morgan fingerprint density at radius 1 is 1.56 bits per heavy atom. The molecule has 6 heteroatoms. The maximum atomic E-state index is 12.1. The lowest BCUT2D eigenvalue weighted by Gasteiger charge is -2.04. The number of thiophene rings is 1. The Hall–Kier alpha value is -0.330. The number of halogens is 1. The van der Waals surface area contributed by atoms with Crippen LogP contribution in [-0.2, 0) is 9.53 Å². The van der Waals surface area contributed by atoms with Crippen LogP contribution in [0.3, 0.4) is 0 Å². The first kappa shape index (κ1) is 14.1. The highest BCUT2D eigenvalue weighted by Gasteiger charge is 2.33. The highest BCUT2D eigenvalue weighted by atomic mass is 79.9. The summed E-state index contributed by atoms with van der Waals surface area (Å²) in [6, 6.07) is 0. The SMILES string of the molecule is CCOC(=O)CSc1c(Br)csc1C(=O)C1CC1. The standard InChI is InChI=1S/C12H13BrO3S2/c1-2-16-9(14)6-18-11-8(13)5-17-12(11)10(15)7-3-4-7/h5,7H,2-4,6H2,1H3. The molecule has 0 N–H and O–H groups in total. The number of Topliss-reactive ketones (excluding diaryl/α,β-unsaturated/α-hetero) is 1. The van der Waals surface area contributed by atoms with Gasteiger partial charge in [-0.15, -0.1) is 23.1 Å². The molecule has 1 aliphatic carbocycles. The summed E-state index contributed by atoms with van der Waals surface area (Å²) in [5.74, 6) is 0.425. The Morgan fingerprint density at radius 2 is 2.28 bits per heavy atom. The number of carbonyl (C=O) groups is 2. The topological polar surface area (TPSA) is 43.4 Å². The molecule has 0 bridgehead atoms. The predicted octanol–water partition coefficient (Wildman–Crippen LogP) is 3.76. The van der Waals surface area contributed by atoms with Gasteiger partial charge in [-0.1, -0.05) is 0 Å². The molecular formula is C12H13BrO3S2. The molecule has 0 aliphatic heterocycles. The molecule has 0 radical (unpaired) electrons. The van der Waals surface area contributed by atoms with E-state index in [-0.39, 0.29) is 23.4 Å². The van der Waals surface area contributed by atoms with Gasteiger partial charge >= 0.3 is 5.97 Å². The Balaban J connectivity index is 2.04. The second kappa shape index (κ2) is 6.21. The summed E-state index contributed by atoms with van der Waals surface area (Å²) in [6.45, 7) is 2.17. The zero-order valence-corrected chi connectivity index (χ0v) is 13.1. The van der Waals surface area contributed by atoms with Gasteiger partial charge in [0, 0.05) is 20.7 Å². The summed E-state index contributed by atoms with van der Waals surface area (Å²) in [4.78, 5) is 25.1. The zero-order valence-electron chi connectivity index (χ0n) is 9.90. The van der Waals surface area contributed by atoms with E-state index in [9.17, 15) is 9.59 Å². The van der Waals surface area contributed by atoms with Crippen molar-refractivity contribution in [3.63, 3.8) is 0 Å². The molecule has 1 aromatic heterocycles. The van der Waals surface area contributed by atoms with Crippen LogP contribution in [-0.4, -0.2) is 24.1 Å². The highest BCUT2D eigenvalue weighted by molar-refractivity contribution is 9.10. The fourth-order valence-electron chi connectivity index (χ4n) is 1.50. The van der Waals surface area contributed by atoms with Crippen molar-refractivity contribution in [3.8, 4) is 0 Å². The first-order chi connectivity index (χ1) is 8.63. The molecule has 1 fully saturated rings. The highest BCUT2D eigenvalue weighted by Crippen LogP contribution is 2.41. The van der Waals surface area contributed by atoms with E-state index >= 15 is 0 Å². The minimum atomic E-state index is -0.245. The number of thioether (sulfide) groups is 1. The van der Waals surface area contributed by atoms with E-state index in [2.05, 4.69) is 15.9 Å². The van der Waals surface area contributed by atoms with Crippen LogP contribution in [0.4, 0.5) is 0 Å². The number of carbonyl (C=O) groups excluding carboxylic acids is 2. The molecule has 1 aliphatic rings. The molecule has 0 saturated heterocycles. The van der Waals surface area contributed by atoms with Crippen molar-refractivity contribution in [2.45, 2.75) is 24.7 Å². The fraction of sp³-hybridized carbons (Fsp3) is 0.500. The van der Waals surface area contributed by atoms with Gasteiger partial charge in [0.15, 0.2) is 5.78 Å². The van der Waals surface area contributed by atoms with E-state index in [1.807, 2.05) is 5.38 Å². The van der Waals surface area contributed by atoms with Gasteiger partial charge in [0.1, 0.15) is 0 Å². The lowest BCUT2D eigenvalue weighted by atomic mass is 10.2. The lowest BCUT2D eigenvalue weighted by molar-refractivity contribution is -0.139. The normalized spacial score (nSPS) is 14.6. The number of hydrogen-bond donors (Lipinski definition) is 0. The number of ketones is 1. The molecule has 0 amide bonds. The van der Waals surface area contributed by atoms with Gasteiger partial charge in [0.05, 0.1) is 17.2 Å². The molecular weight excluding hydrogens is 336 g/mol. The van der Waals surface area contributed by atoms with Gasteiger partial charge in [0.25, 0.3) is 0 Å². The Kier molecular flexibility index (Phi) is 4.86. The molecule has 0 unspecified atom stereocenters. The Labute approximate surface area is 122 Å². The van der Waals surface area contributed by atoms with Gasteiger partial charge in [-0.05, 0) is 35.7 Å². The van der Waals surface area contributed by atoms with Crippen molar-refractivity contribution in [1.29, 1.82) is 0 Å². The van der Waals surface area contributed by atoms with Crippen molar-refractivity contribution in [2.24, 2.45) is 5.92 Å². The summed E-state index contributed by atoms with van der Waals surface area (Å²) in [7, 11) is 0. The molecule has 0 atom stereocenters. The van der Waals surface area contributed by atoms with Crippen LogP contribution in [0.5, 0.6) is 0 Å². The number of hydrogen-bond acceptors (Lipinski definition) is 5. The van der Waals surface area contributed by atoms with E-state index < -0.39 is 0 Å². The van der Waals surface area contributed by atoms with Crippen LogP contribution in [0.25, 0.3) is 0 Å². The second-order valence-electron chi connectivity index (χ2n) is 3.97. The molecule has 0 spiro atoms. The molecule has 2 rings (SSSR count). The van der Waals surface area contributed by atoms with Crippen molar-refractivity contribution in [2.75, 3.05) is 12.4 Å². The third-order valence-corrected chi connectivity index (χ3v) is 5.92. The van der Waals surface area contributed by atoms with Crippen molar-refractivity contribution in [3.05, 3.63) is 14.7 Å². The summed E-state index contributed by atoms with van der Waals surface area (Å²) in [6.07, 6.45) is 1.99. The van der Waals surface area contributed by atoms with Crippen molar-refractivity contribution in [1.82, 2.24) is 0 Å². The summed E-state index contributed by atoms with van der Waals surface area (Å²) >= 11 is 6.25. The number of esters is 1. The molecule has 1 saturated carbocycles. The quantitative estimate of drug-likeness (QED) is 0.446. The van der Waals surface area contributed by atoms with Crippen LogP contribution < -0.4 is 0 Å². The third kappa shape index (κ3) is 3.36. The zero-order chi connectivity index (χ0) is 13.1. The van der Waals surface area contributed by atoms with Gasteiger partial charge < -0.3 is 4.74 Å². The van der Waals surface area contributed by atoms with Gasteiger partial charge in [0.2, 0.25) is 0 Å². The Bertz CT molecular complexity index is 466. The molecule has 18 heavy (non-hydrogen) atoms. The number of ether oxygens (including phenoxy) is 1. The first-order valence-electron chi connectivity index (χ1n) is 5.73. The maximum absolute atomic E-state index is 12.1. The molecule has 0 aromatic carbocycles. The average molecular weight is 349 g/mol. The molecule has 98 valence electrons. The van der Waals surface area contributed by atoms with Crippen molar-refractivity contribution >= 4 is 50.8 Å². The van der Waals surface area contributed by atoms with E-state index in [0.29, 0.717) is 6.61 Å². The minimum absolute atomic E-state index is 0.206. The summed E-state index contributed by atoms with van der Waals surface area (Å²) in [5.41, 5.74) is 0. The van der Waals surface area contributed by atoms with E-state index in [0.717, 1.165) is 27.1 Å². The van der Waals surface area contributed by atoms with Crippen molar-refractivity contribution < 1.29 is 14.3 Å². The lowest BCUT2D eigenvalue weighted by Crippen LogP contribution is -2.07. The van der Waals surface area contributed by atoms with E-state index in [1.165, 1.54) is 23.1 Å². The summed E-state index contributed by atoms with van der Waals surface area (Å²) < 4.78 is 5.78. The first-order valence-corrected chi connectivity index (χ1v) is 8.39. The van der Waals surface area contributed by atoms with Crippen LogP contribution in [0, 0.1) is 5.92 Å². The molecule has 3 nitrogen and oxygen atoms in total.